The Morgan fingerprint density at radius 1 is 1.15 bits per heavy atom. The van der Waals surface area contributed by atoms with Crippen molar-refractivity contribution in [3.63, 3.8) is 0 Å². The molecule has 4 aromatic rings. The van der Waals surface area contributed by atoms with Crippen LogP contribution in [-0.2, 0) is 0 Å². The number of anilines is 2. The molecule has 0 atom stereocenters. The third-order valence-electron chi connectivity index (χ3n) is 6.02. The first-order chi connectivity index (χ1) is 16.5. The van der Waals surface area contributed by atoms with Gasteiger partial charge in [0.2, 0.25) is 0 Å². The normalized spacial score (nSPS) is 18.4. The van der Waals surface area contributed by atoms with E-state index in [1.54, 1.807) is 22.0 Å². The Kier molecular flexibility index (Phi) is 6.25. The molecular formula is C24H28N8OS. The molecule has 1 aliphatic carbocycles. The van der Waals surface area contributed by atoms with Crippen LogP contribution in [0, 0.1) is 0 Å². The first-order valence-corrected chi connectivity index (χ1v) is 12.4. The molecule has 1 amide bonds. The number of carbonyl (C=O) groups excluding carboxylic acids is 1. The van der Waals surface area contributed by atoms with Gasteiger partial charge in [-0.1, -0.05) is 37.3 Å². The van der Waals surface area contributed by atoms with Crippen LogP contribution in [0.25, 0.3) is 16.2 Å². The lowest BCUT2D eigenvalue weighted by Crippen LogP contribution is -2.33. The summed E-state index contributed by atoms with van der Waals surface area (Å²) in [4.78, 5) is 17.4. The van der Waals surface area contributed by atoms with E-state index in [2.05, 4.69) is 44.8 Å². The van der Waals surface area contributed by atoms with Crippen molar-refractivity contribution in [2.24, 2.45) is 5.73 Å². The second-order valence-electron chi connectivity index (χ2n) is 9.02. The number of hydrogen-bond donors (Lipinski definition) is 3. The molecule has 34 heavy (non-hydrogen) atoms. The fourth-order valence-electron chi connectivity index (χ4n) is 4.09. The van der Waals surface area contributed by atoms with Gasteiger partial charge in [-0.05, 0) is 49.9 Å². The molecule has 1 aromatic carbocycles. The number of aromatic nitrogens is 5. The summed E-state index contributed by atoms with van der Waals surface area (Å²) in [6.45, 7) is 4.19. The predicted molar refractivity (Wildman–Crippen MR) is 134 cm³/mol. The van der Waals surface area contributed by atoms with Gasteiger partial charge < -0.3 is 16.4 Å². The van der Waals surface area contributed by atoms with Gasteiger partial charge in [-0.25, -0.2) is 9.50 Å². The monoisotopic (exact) mass is 476 g/mol. The molecule has 1 aliphatic rings. The van der Waals surface area contributed by atoms with Crippen molar-refractivity contribution in [2.45, 2.75) is 57.5 Å². The van der Waals surface area contributed by atoms with E-state index in [-0.39, 0.29) is 5.91 Å². The van der Waals surface area contributed by atoms with Gasteiger partial charge in [0.15, 0.2) is 11.3 Å². The van der Waals surface area contributed by atoms with E-state index in [4.69, 9.17) is 5.73 Å². The number of nitrogens with two attached hydrogens (primary N) is 1. The SMILES string of the molecule is CC(C)c1nnc(-c2cccc(NC(=O)c3cnc4ccc(N[C@H]5CC[C@H](N)CC5)nn34)c2)s1. The first-order valence-electron chi connectivity index (χ1n) is 11.6. The van der Waals surface area contributed by atoms with E-state index in [0.717, 1.165) is 47.1 Å². The fraction of sp³-hybridized carbons (Fsp3) is 0.375. The molecule has 3 heterocycles. The van der Waals surface area contributed by atoms with Crippen LogP contribution in [0.3, 0.4) is 0 Å². The van der Waals surface area contributed by atoms with Crippen molar-refractivity contribution >= 4 is 34.4 Å². The molecular weight excluding hydrogens is 448 g/mol. The van der Waals surface area contributed by atoms with Crippen LogP contribution in [0.5, 0.6) is 0 Å². The Labute approximate surface area is 201 Å². The molecule has 9 nitrogen and oxygen atoms in total. The maximum absolute atomic E-state index is 13.1. The Hall–Kier alpha value is -3.37. The third kappa shape index (κ3) is 4.78. The summed E-state index contributed by atoms with van der Waals surface area (Å²) in [6.07, 6.45) is 5.59. The molecule has 1 fully saturated rings. The summed E-state index contributed by atoms with van der Waals surface area (Å²) in [5.74, 6) is 0.768. The molecule has 4 N–H and O–H groups in total. The number of imidazole rings is 1. The largest absolute Gasteiger partial charge is 0.366 e. The van der Waals surface area contributed by atoms with Crippen LogP contribution in [0.15, 0.2) is 42.6 Å². The van der Waals surface area contributed by atoms with E-state index < -0.39 is 0 Å². The van der Waals surface area contributed by atoms with Gasteiger partial charge >= 0.3 is 0 Å². The maximum Gasteiger partial charge on any atom is 0.276 e. The van der Waals surface area contributed by atoms with Crippen molar-refractivity contribution in [3.8, 4) is 10.6 Å². The number of nitrogens with one attached hydrogen (secondary N) is 2. The van der Waals surface area contributed by atoms with Gasteiger partial charge in [0.25, 0.3) is 5.91 Å². The molecule has 0 saturated heterocycles. The van der Waals surface area contributed by atoms with Crippen LogP contribution in [-0.4, -0.2) is 42.8 Å². The van der Waals surface area contributed by atoms with Crippen molar-refractivity contribution in [1.29, 1.82) is 0 Å². The fourth-order valence-corrected chi connectivity index (χ4v) is 4.93. The minimum atomic E-state index is -0.280. The number of benzene rings is 1. The highest BCUT2D eigenvalue weighted by atomic mass is 32.1. The van der Waals surface area contributed by atoms with E-state index in [9.17, 15) is 4.79 Å². The highest BCUT2D eigenvalue weighted by Gasteiger charge is 2.20. The van der Waals surface area contributed by atoms with Gasteiger partial charge in [0.05, 0.1) is 6.20 Å². The molecule has 0 spiro atoms. The lowest BCUT2D eigenvalue weighted by atomic mass is 9.92. The van der Waals surface area contributed by atoms with E-state index in [1.165, 1.54) is 0 Å². The molecule has 0 radical (unpaired) electrons. The number of fused-ring (bicyclic) bond motifs is 1. The molecule has 0 aliphatic heterocycles. The second kappa shape index (κ2) is 9.47. The number of hydrogen-bond acceptors (Lipinski definition) is 8. The molecule has 10 heteroatoms. The van der Waals surface area contributed by atoms with Crippen molar-refractivity contribution in [1.82, 2.24) is 24.8 Å². The zero-order valence-electron chi connectivity index (χ0n) is 19.2. The Bertz CT molecular complexity index is 1310. The van der Waals surface area contributed by atoms with E-state index in [0.29, 0.717) is 35.0 Å². The summed E-state index contributed by atoms with van der Waals surface area (Å²) in [7, 11) is 0. The topological polar surface area (TPSA) is 123 Å². The van der Waals surface area contributed by atoms with E-state index >= 15 is 0 Å². The van der Waals surface area contributed by atoms with Crippen LogP contribution >= 0.6 is 11.3 Å². The van der Waals surface area contributed by atoms with Crippen LogP contribution < -0.4 is 16.4 Å². The van der Waals surface area contributed by atoms with Crippen LogP contribution in [0.1, 0.15) is 60.9 Å². The van der Waals surface area contributed by atoms with Gasteiger partial charge in [0, 0.05) is 29.3 Å². The van der Waals surface area contributed by atoms with E-state index in [1.807, 2.05) is 36.4 Å². The zero-order valence-corrected chi connectivity index (χ0v) is 20.0. The Balaban J connectivity index is 1.33. The van der Waals surface area contributed by atoms with Crippen LogP contribution in [0.2, 0.25) is 0 Å². The standard InChI is InChI=1S/C24H28N8OS/c1-14(2)23-29-30-24(34-23)15-4-3-5-18(12-15)28-22(33)19-13-26-21-11-10-20(31-32(19)21)27-17-8-6-16(25)7-9-17/h3-5,10-14,16-17H,6-9,25H2,1-2H3,(H,27,31)(H,28,33)/t16-,17-. The lowest BCUT2D eigenvalue weighted by molar-refractivity contribution is 0.102. The predicted octanol–water partition coefficient (Wildman–Crippen LogP) is 4.31. The lowest BCUT2D eigenvalue weighted by Gasteiger charge is -2.27. The number of rotatable bonds is 6. The first kappa shape index (κ1) is 22.4. The summed E-state index contributed by atoms with van der Waals surface area (Å²) in [5.41, 5.74) is 8.59. The average molecular weight is 477 g/mol. The van der Waals surface area contributed by atoms with Gasteiger partial charge in [0.1, 0.15) is 15.8 Å². The van der Waals surface area contributed by atoms with Gasteiger partial charge in [-0.2, -0.15) is 0 Å². The highest BCUT2D eigenvalue weighted by molar-refractivity contribution is 7.14. The number of amides is 1. The molecule has 1 saturated carbocycles. The van der Waals surface area contributed by atoms with Crippen molar-refractivity contribution in [2.75, 3.05) is 10.6 Å². The summed E-state index contributed by atoms with van der Waals surface area (Å²) in [5, 5.41) is 21.4. The Morgan fingerprint density at radius 2 is 1.97 bits per heavy atom. The zero-order chi connectivity index (χ0) is 23.7. The molecule has 3 aromatic heterocycles. The third-order valence-corrected chi connectivity index (χ3v) is 7.29. The minimum Gasteiger partial charge on any atom is -0.366 e. The summed E-state index contributed by atoms with van der Waals surface area (Å²) in [6, 6.07) is 12.0. The summed E-state index contributed by atoms with van der Waals surface area (Å²) < 4.78 is 1.58. The molecule has 0 unspecified atom stereocenters. The van der Waals surface area contributed by atoms with Crippen molar-refractivity contribution in [3.05, 3.63) is 53.3 Å². The summed E-state index contributed by atoms with van der Waals surface area (Å²) >= 11 is 1.56. The molecule has 176 valence electrons. The number of nitrogens with zero attached hydrogens (tertiary/aromatic N) is 5. The highest BCUT2D eigenvalue weighted by Crippen LogP contribution is 2.29. The number of carbonyl (C=O) groups is 1. The molecule has 0 bridgehead atoms. The second-order valence-corrected chi connectivity index (χ2v) is 10.0. The minimum absolute atomic E-state index is 0.280. The van der Waals surface area contributed by atoms with Crippen LogP contribution in [0.4, 0.5) is 11.5 Å². The van der Waals surface area contributed by atoms with Gasteiger partial charge in [-0.15, -0.1) is 15.3 Å². The van der Waals surface area contributed by atoms with Crippen molar-refractivity contribution < 1.29 is 4.79 Å². The average Bonchev–Trinajstić information content (AvgIpc) is 3.48. The smallest absolute Gasteiger partial charge is 0.276 e. The Morgan fingerprint density at radius 3 is 2.74 bits per heavy atom. The molecule has 5 rings (SSSR count). The van der Waals surface area contributed by atoms with Gasteiger partial charge in [-0.3, -0.25) is 4.79 Å². The quantitative estimate of drug-likeness (QED) is 0.379. The maximum atomic E-state index is 13.1.